The number of carbonyl (C=O) groups excluding carboxylic acids is 1. The zero-order valence-corrected chi connectivity index (χ0v) is 11.8. The summed E-state index contributed by atoms with van der Waals surface area (Å²) in [5.41, 5.74) is 6.47. The summed E-state index contributed by atoms with van der Waals surface area (Å²) in [5, 5.41) is 0. The van der Waals surface area contributed by atoms with Gasteiger partial charge in [0.2, 0.25) is 5.91 Å². The van der Waals surface area contributed by atoms with Gasteiger partial charge in [0.1, 0.15) is 17.4 Å². The summed E-state index contributed by atoms with van der Waals surface area (Å²) in [7, 11) is -1.53. The second-order valence-corrected chi connectivity index (χ2v) is 5.96. The Hall–Kier alpha value is -2.08. The molecule has 1 amide bonds. The molecular formula is C15H13F2NO2S. The predicted octanol–water partition coefficient (Wildman–Crippen LogP) is 2.37. The van der Waals surface area contributed by atoms with E-state index < -0.39 is 22.5 Å². The third-order valence-corrected chi connectivity index (χ3v) is 4.09. The lowest BCUT2D eigenvalue weighted by Gasteiger charge is -2.06. The summed E-state index contributed by atoms with van der Waals surface area (Å²) >= 11 is 0. The fourth-order valence-corrected chi connectivity index (χ4v) is 2.87. The molecular weight excluding hydrogens is 296 g/mol. The van der Waals surface area contributed by atoms with Crippen LogP contribution in [0.1, 0.15) is 5.56 Å². The molecule has 2 rings (SSSR count). The van der Waals surface area contributed by atoms with Crippen LogP contribution in [0.4, 0.5) is 8.78 Å². The fraction of sp³-hybridized carbons (Fsp3) is 0.133. The van der Waals surface area contributed by atoms with Gasteiger partial charge in [-0.3, -0.25) is 9.00 Å². The maximum Gasteiger partial charge on any atom is 0.230 e. The zero-order valence-electron chi connectivity index (χ0n) is 11.0. The molecule has 0 heterocycles. The van der Waals surface area contributed by atoms with Crippen molar-refractivity contribution in [1.82, 2.24) is 0 Å². The average molecular weight is 309 g/mol. The molecule has 3 nitrogen and oxygen atoms in total. The largest absolute Gasteiger partial charge is 0.369 e. The highest BCUT2D eigenvalue weighted by atomic mass is 32.2. The Kier molecular flexibility index (Phi) is 4.80. The van der Waals surface area contributed by atoms with E-state index >= 15 is 0 Å². The van der Waals surface area contributed by atoms with Gasteiger partial charge in [-0.05, 0) is 29.3 Å². The molecule has 6 heteroatoms. The van der Waals surface area contributed by atoms with Crippen LogP contribution in [0.2, 0.25) is 0 Å². The van der Waals surface area contributed by atoms with Crippen molar-refractivity contribution in [3.63, 3.8) is 0 Å². The van der Waals surface area contributed by atoms with E-state index in [1.165, 1.54) is 24.3 Å². The predicted molar refractivity (Wildman–Crippen MR) is 77.7 cm³/mol. The van der Waals surface area contributed by atoms with Crippen molar-refractivity contribution in [2.24, 2.45) is 5.73 Å². The molecule has 2 N–H and O–H groups in total. The zero-order chi connectivity index (χ0) is 15.4. The van der Waals surface area contributed by atoms with E-state index in [0.717, 1.165) is 0 Å². The van der Waals surface area contributed by atoms with Gasteiger partial charge >= 0.3 is 0 Å². The number of hydrogen-bond donors (Lipinski definition) is 1. The van der Waals surface area contributed by atoms with Crippen LogP contribution in [0.5, 0.6) is 0 Å². The van der Waals surface area contributed by atoms with Crippen LogP contribution in [0.25, 0.3) is 11.1 Å². The Morgan fingerprint density at radius 3 is 2.24 bits per heavy atom. The number of carbonyl (C=O) groups is 1. The molecule has 0 saturated carbocycles. The van der Waals surface area contributed by atoms with Gasteiger partial charge in [0.05, 0.1) is 5.75 Å². The summed E-state index contributed by atoms with van der Waals surface area (Å²) in [5.74, 6) is -1.93. The first-order valence-corrected chi connectivity index (χ1v) is 7.62. The van der Waals surface area contributed by atoms with Crippen molar-refractivity contribution >= 4 is 16.7 Å². The number of rotatable bonds is 5. The lowest BCUT2D eigenvalue weighted by atomic mass is 10.0. The van der Waals surface area contributed by atoms with E-state index in [1.54, 1.807) is 18.2 Å². The van der Waals surface area contributed by atoms with Gasteiger partial charge in [-0.2, -0.15) is 0 Å². The second-order valence-electron chi connectivity index (χ2n) is 4.51. The third kappa shape index (κ3) is 4.19. The SMILES string of the molecule is NC(=O)CS(=O)Cc1ccc(-c2ccc(F)cc2)cc1F. The Balaban J connectivity index is 2.19. The Morgan fingerprint density at radius 2 is 1.67 bits per heavy atom. The third-order valence-electron chi connectivity index (χ3n) is 2.85. The molecule has 0 spiro atoms. The molecule has 2 aromatic carbocycles. The summed E-state index contributed by atoms with van der Waals surface area (Å²) in [4.78, 5) is 10.7. The number of nitrogens with two attached hydrogens (primary N) is 1. The molecule has 0 fully saturated rings. The van der Waals surface area contributed by atoms with Gasteiger partial charge in [0, 0.05) is 16.4 Å². The molecule has 1 atom stereocenters. The van der Waals surface area contributed by atoms with E-state index in [4.69, 9.17) is 5.73 Å². The highest BCUT2D eigenvalue weighted by Gasteiger charge is 2.10. The number of hydrogen-bond acceptors (Lipinski definition) is 2. The highest BCUT2D eigenvalue weighted by Crippen LogP contribution is 2.23. The minimum absolute atomic E-state index is 0.0710. The quantitative estimate of drug-likeness (QED) is 0.921. The topological polar surface area (TPSA) is 60.2 Å². The van der Waals surface area contributed by atoms with Crippen LogP contribution in [0.15, 0.2) is 42.5 Å². The monoisotopic (exact) mass is 309 g/mol. The molecule has 21 heavy (non-hydrogen) atoms. The van der Waals surface area contributed by atoms with E-state index in [1.807, 2.05) is 0 Å². The van der Waals surface area contributed by atoms with Gasteiger partial charge in [-0.1, -0.05) is 24.3 Å². The van der Waals surface area contributed by atoms with Crippen LogP contribution < -0.4 is 5.73 Å². The molecule has 0 radical (unpaired) electrons. The molecule has 0 aliphatic rings. The molecule has 1 unspecified atom stereocenters. The number of benzene rings is 2. The Labute approximate surface area is 123 Å². The van der Waals surface area contributed by atoms with Crippen molar-refractivity contribution < 1.29 is 17.8 Å². The van der Waals surface area contributed by atoms with Gasteiger partial charge in [-0.15, -0.1) is 0 Å². The standard InChI is InChI=1S/C15H13F2NO2S/c16-13-5-3-10(4-6-13)11-1-2-12(14(17)7-11)8-21(20)9-15(18)19/h1-7H,8-9H2,(H2,18,19). The van der Waals surface area contributed by atoms with Gasteiger partial charge in [0.15, 0.2) is 0 Å². The lowest BCUT2D eigenvalue weighted by Crippen LogP contribution is -2.20. The van der Waals surface area contributed by atoms with Crippen LogP contribution >= 0.6 is 0 Å². The Bertz CT molecular complexity index is 687. The van der Waals surface area contributed by atoms with Crippen LogP contribution in [-0.4, -0.2) is 15.9 Å². The molecule has 0 bridgehead atoms. The first-order valence-electron chi connectivity index (χ1n) is 6.13. The van der Waals surface area contributed by atoms with E-state index in [0.29, 0.717) is 11.1 Å². The average Bonchev–Trinajstić information content (AvgIpc) is 2.41. The second kappa shape index (κ2) is 6.58. The number of amides is 1. The van der Waals surface area contributed by atoms with Gasteiger partial charge < -0.3 is 5.73 Å². The minimum atomic E-state index is -1.53. The summed E-state index contributed by atoms with van der Waals surface area (Å²) < 4.78 is 38.4. The van der Waals surface area contributed by atoms with E-state index in [2.05, 4.69) is 0 Å². The summed E-state index contributed by atoms with van der Waals surface area (Å²) in [6.07, 6.45) is 0. The summed E-state index contributed by atoms with van der Waals surface area (Å²) in [6, 6.07) is 10.2. The molecule has 0 aliphatic carbocycles. The fourth-order valence-electron chi connectivity index (χ4n) is 1.87. The van der Waals surface area contributed by atoms with E-state index in [-0.39, 0.29) is 22.9 Å². The summed E-state index contributed by atoms with van der Waals surface area (Å²) in [6.45, 7) is 0. The first-order chi connectivity index (χ1) is 9.95. The van der Waals surface area contributed by atoms with Crippen molar-refractivity contribution in [1.29, 1.82) is 0 Å². The van der Waals surface area contributed by atoms with Crippen LogP contribution in [0.3, 0.4) is 0 Å². The van der Waals surface area contributed by atoms with Gasteiger partial charge in [0.25, 0.3) is 0 Å². The van der Waals surface area contributed by atoms with Crippen LogP contribution in [0, 0.1) is 11.6 Å². The molecule has 110 valence electrons. The number of halogens is 2. The van der Waals surface area contributed by atoms with E-state index in [9.17, 15) is 17.8 Å². The first kappa shape index (κ1) is 15.3. The highest BCUT2D eigenvalue weighted by molar-refractivity contribution is 7.84. The normalized spacial score (nSPS) is 12.1. The molecule has 2 aromatic rings. The van der Waals surface area contributed by atoms with Crippen molar-refractivity contribution in [2.45, 2.75) is 5.75 Å². The van der Waals surface area contributed by atoms with Crippen molar-refractivity contribution in [2.75, 3.05) is 5.75 Å². The molecule has 0 aliphatic heterocycles. The number of primary amides is 1. The smallest absolute Gasteiger partial charge is 0.230 e. The maximum atomic E-state index is 14.0. The molecule has 0 aromatic heterocycles. The molecule has 0 saturated heterocycles. The van der Waals surface area contributed by atoms with Crippen molar-refractivity contribution in [3.05, 3.63) is 59.7 Å². The Morgan fingerprint density at radius 1 is 1.05 bits per heavy atom. The van der Waals surface area contributed by atoms with Crippen molar-refractivity contribution in [3.8, 4) is 11.1 Å². The van der Waals surface area contributed by atoms with Crippen LogP contribution in [-0.2, 0) is 21.3 Å². The minimum Gasteiger partial charge on any atom is -0.369 e. The maximum absolute atomic E-state index is 14.0. The van der Waals surface area contributed by atoms with Gasteiger partial charge in [-0.25, -0.2) is 8.78 Å². The lowest BCUT2D eigenvalue weighted by molar-refractivity contribution is -0.115.